The Bertz CT molecular complexity index is 915. The molecule has 3 aromatic rings. The molecule has 6 nitrogen and oxygen atoms in total. The van der Waals surface area contributed by atoms with Crippen LogP contribution in [-0.4, -0.2) is 16.5 Å². The molecule has 0 aliphatic rings. The standard InChI is InChI=1S/C20H20N4O2/c1-14-6-5-7-18(15(14)2)21-20(26)23-22-19(25)16-8-10-17(11-9-16)24-12-3-4-13-24/h3-13H,1-2H3,(H,22,25)(H2,21,23,26). The minimum absolute atomic E-state index is 0.389. The number of carbonyl (C=O) groups is 2. The van der Waals surface area contributed by atoms with E-state index in [1.807, 2.05) is 73.3 Å². The average molecular weight is 348 g/mol. The second-order valence-corrected chi connectivity index (χ2v) is 5.92. The first-order valence-corrected chi connectivity index (χ1v) is 8.21. The molecule has 0 aliphatic heterocycles. The van der Waals surface area contributed by atoms with E-state index < -0.39 is 6.03 Å². The fourth-order valence-electron chi connectivity index (χ4n) is 2.52. The zero-order valence-corrected chi connectivity index (χ0v) is 14.6. The van der Waals surface area contributed by atoms with E-state index in [9.17, 15) is 9.59 Å². The summed E-state index contributed by atoms with van der Waals surface area (Å²) in [4.78, 5) is 24.1. The number of hydrogen-bond acceptors (Lipinski definition) is 2. The second kappa shape index (κ2) is 7.57. The molecule has 0 fully saturated rings. The van der Waals surface area contributed by atoms with Gasteiger partial charge in [0.2, 0.25) is 0 Å². The SMILES string of the molecule is Cc1cccc(NC(=O)NNC(=O)c2ccc(-n3cccc3)cc2)c1C. The summed E-state index contributed by atoms with van der Waals surface area (Å²) < 4.78 is 1.94. The third kappa shape index (κ3) is 3.92. The summed E-state index contributed by atoms with van der Waals surface area (Å²) in [6.45, 7) is 3.90. The normalized spacial score (nSPS) is 10.2. The molecule has 0 radical (unpaired) electrons. The maximum absolute atomic E-state index is 12.2. The van der Waals surface area contributed by atoms with Gasteiger partial charge in [-0.1, -0.05) is 12.1 Å². The van der Waals surface area contributed by atoms with E-state index in [1.54, 1.807) is 12.1 Å². The lowest BCUT2D eigenvalue weighted by atomic mass is 10.1. The Morgan fingerprint density at radius 1 is 0.846 bits per heavy atom. The van der Waals surface area contributed by atoms with Crippen LogP contribution in [0.15, 0.2) is 67.0 Å². The number of benzene rings is 2. The molecule has 132 valence electrons. The average Bonchev–Trinajstić information content (AvgIpc) is 3.18. The largest absolute Gasteiger partial charge is 0.337 e. The van der Waals surface area contributed by atoms with Crippen molar-refractivity contribution < 1.29 is 9.59 Å². The van der Waals surface area contributed by atoms with E-state index >= 15 is 0 Å². The van der Waals surface area contributed by atoms with Crippen LogP contribution in [0, 0.1) is 13.8 Å². The Hall–Kier alpha value is -3.54. The van der Waals surface area contributed by atoms with E-state index in [1.165, 1.54) is 0 Å². The number of nitrogens with zero attached hydrogens (tertiary/aromatic N) is 1. The first-order valence-electron chi connectivity index (χ1n) is 8.21. The number of carbonyl (C=O) groups excluding carboxylic acids is 2. The molecule has 0 spiro atoms. The van der Waals surface area contributed by atoms with Gasteiger partial charge in [-0.25, -0.2) is 10.2 Å². The first-order chi connectivity index (χ1) is 12.5. The highest BCUT2D eigenvalue weighted by Crippen LogP contribution is 2.17. The van der Waals surface area contributed by atoms with Gasteiger partial charge in [-0.2, -0.15) is 0 Å². The highest BCUT2D eigenvalue weighted by atomic mass is 16.2. The molecule has 0 bridgehead atoms. The van der Waals surface area contributed by atoms with Crippen LogP contribution in [-0.2, 0) is 0 Å². The van der Waals surface area contributed by atoms with E-state index in [0.717, 1.165) is 16.8 Å². The molecule has 0 saturated carbocycles. The number of amides is 3. The summed E-state index contributed by atoms with van der Waals surface area (Å²) in [5.74, 6) is -0.389. The number of urea groups is 1. The van der Waals surface area contributed by atoms with Crippen LogP contribution in [0.4, 0.5) is 10.5 Å². The molecule has 0 aliphatic carbocycles. The predicted octanol–water partition coefficient (Wildman–Crippen LogP) is 3.56. The van der Waals surface area contributed by atoms with Crippen LogP contribution in [0.1, 0.15) is 21.5 Å². The number of nitrogens with one attached hydrogen (secondary N) is 3. The number of rotatable bonds is 3. The van der Waals surface area contributed by atoms with Gasteiger partial charge >= 0.3 is 6.03 Å². The molecule has 0 atom stereocenters. The molecule has 6 heteroatoms. The predicted molar refractivity (Wildman–Crippen MR) is 101 cm³/mol. The summed E-state index contributed by atoms with van der Waals surface area (Å²) >= 11 is 0. The lowest BCUT2D eigenvalue weighted by Gasteiger charge is -2.12. The Kier molecular flexibility index (Phi) is 5.03. The van der Waals surface area contributed by atoms with E-state index in [2.05, 4.69) is 16.2 Å². The summed E-state index contributed by atoms with van der Waals surface area (Å²) in [5.41, 5.74) is 8.93. The monoisotopic (exact) mass is 348 g/mol. The highest BCUT2D eigenvalue weighted by Gasteiger charge is 2.09. The fourth-order valence-corrected chi connectivity index (χ4v) is 2.52. The summed E-state index contributed by atoms with van der Waals surface area (Å²) in [6.07, 6.45) is 3.85. The van der Waals surface area contributed by atoms with Crippen LogP contribution < -0.4 is 16.2 Å². The van der Waals surface area contributed by atoms with Crippen molar-refractivity contribution in [2.45, 2.75) is 13.8 Å². The lowest BCUT2D eigenvalue weighted by molar-refractivity contribution is 0.0938. The third-order valence-electron chi connectivity index (χ3n) is 4.17. The zero-order valence-electron chi connectivity index (χ0n) is 14.6. The van der Waals surface area contributed by atoms with Crippen molar-refractivity contribution in [3.05, 3.63) is 83.7 Å². The van der Waals surface area contributed by atoms with Gasteiger partial charge in [-0.3, -0.25) is 10.2 Å². The van der Waals surface area contributed by atoms with Gasteiger partial charge in [-0.05, 0) is 67.4 Å². The summed E-state index contributed by atoms with van der Waals surface area (Å²) in [5, 5.41) is 2.72. The molecular formula is C20H20N4O2. The topological polar surface area (TPSA) is 75.2 Å². The van der Waals surface area contributed by atoms with Crippen LogP contribution >= 0.6 is 0 Å². The lowest BCUT2D eigenvalue weighted by Crippen LogP contribution is -2.44. The maximum Gasteiger partial charge on any atom is 0.337 e. The number of aromatic nitrogens is 1. The number of hydrogen-bond donors (Lipinski definition) is 3. The Labute approximate surface area is 151 Å². The molecule has 2 aromatic carbocycles. The van der Waals surface area contributed by atoms with E-state index in [-0.39, 0.29) is 5.91 Å². The van der Waals surface area contributed by atoms with Crippen LogP contribution in [0.3, 0.4) is 0 Å². The summed E-state index contributed by atoms with van der Waals surface area (Å²) in [7, 11) is 0. The van der Waals surface area contributed by atoms with Crippen molar-refractivity contribution in [3.63, 3.8) is 0 Å². The van der Waals surface area contributed by atoms with Gasteiger partial charge in [0.1, 0.15) is 0 Å². The Morgan fingerprint density at radius 3 is 2.23 bits per heavy atom. The summed E-state index contributed by atoms with van der Waals surface area (Å²) in [6, 6.07) is 16.1. The van der Waals surface area contributed by atoms with Crippen LogP contribution in [0.2, 0.25) is 0 Å². The molecular weight excluding hydrogens is 328 g/mol. The van der Waals surface area contributed by atoms with E-state index in [4.69, 9.17) is 0 Å². The smallest absolute Gasteiger partial charge is 0.324 e. The van der Waals surface area contributed by atoms with Crippen molar-refractivity contribution >= 4 is 17.6 Å². The van der Waals surface area contributed by atoms with Gasteiger partial charge in [0.05, 0.1) is 0 Å². The van der Waals surface area contributed by atoms with Crippen molar-refractivity contribution in [1.29, 1.82) is 0 Å². The van der Waals surface area contributed by atoms with E-state index in [0.29, 0.717) is 11.3 Å². The molecule has 3 N–H and O–H groups in total. The zero-order chi connectivity index (χ0) is 18.5. The number of anilines is 1. The second-order valence-electron chi connectivity index (χ2n) is 5.92. The van der Waals surface area contributed by atoms with Crippen LogP contribution in [0.5, 0.6) is 0 Å². The molecule has 1 heterocycles. The third-order valence-corrected chi connectivity index (χ3v) is 4.17. The van der Waals surface area contributed by atoms with Crippen molar-refractivity contribution in [3.8, 4) is 5.69 Å². The molecule has 26 heavy (non-hydrogen) atoms. The molecule has 0 unspecified atom stereocenters. The van der Waals surface area contributed by atoms with Crippen molar-refractivity contribution in [2.75, 3.05) is 5.32 Å². The number of aryl methyl sites for hydroxylation is 1. The van der Waals surface area contributed by atoms with Crippen LogP contribution in [0.25, 0.3) is 5.69 Å². The minimum Gasteiger partial charge on any atom is -0.324 e. The Balaban J connectivity index is 1.56. The first kappa shape index (κ1) is 17.3. The van der Waals surface area contributed by atoms with Gasteiger partial charge in [0.15, 0.2) is 0 Å². The molecule has 3 rings (SSSR count). The van der Waals surface area contributed by atoms with Gasteiger partial charge < -0.3 is 9.88 Å². The molecule has 1 aromatic heterocycles. The molecule has 0 saturated heterocycles. The highest BCUT2D eigenvalue weighted by molar-refractivity contribution is 5.97. The van der Waals surface area contributed by atoms with Crippen molar-refractivity contribution in [2.24, 2.45) is 0 Å². The number of hydrazine groups is 1. The Morgan fingerprint density at radius 2 is 1.54 bits per heavy atom. The quantitative estimate of drug-likeness (QED) is 0.633. The van der Waals surface area contributed by atoms with Gasteiger partial charge in [0, 0.05) is 29.3 Å². The van der Waals surface area contributed by atoms with Gasteiger partial charge in [0.25, 0.3) is 5.91 Å². The molecule has 3 amide bonds. The minimum atomic E-state index is -0.504. The maximum atomic E-state index is 12.2. The fraction of sp³-hybridized carbons (Fsp3) is 0.100. The van der Waals surface area contributed by atoms with Gasteiger partial charge in [-0.15, -0.1) is 0 Å². The van der Waals surface area contributed by atoms with Crippen molar-refractivity contribution in [1.82, 2.24) is 15.4 Å².